The van der Waals surface area contributed by atoms with Gasteiger partial charge in [0.25, 0.3) is 0 Å². The minimum absolute atomic E-state index is 0.000837. The molecule has 0 radical (unpaired) electrons. The molecule has 2 heterocycles. The van der Waals surface area contributed by atoms with Crippen molar-refractivity contribution in [1.29, 1.82) is 0 Å². The quantitative estimate of drug-likeness (QED) is 0.439. The van der Waals surface area contributed by atoms with Crippen LogP contribution in [0.1, 0.15) is 15.9 Å². The van der Waals surface area contributed by atoms with E-state index < -0.39 is 18.0 Å². The third kappa shape index (κ3) is 7.48. The Bertz CT molecular complexity index is 1240. The average Bonchev–Trinajstić information content (AvgIpc) is 2.86. The first-order valence-corrected chi connectivity index (χ1v) is 11.4. The molecule has 1 saturated heterocycles. The number of benzene rings is 2. The van der Waals surface area contributed by atoms with E-state index in [-0.39, 0.29) is 35.9 Å². The topological polar surface area (TPSA) is 120 Å². The van der Waals surface area contributed by atoms with Crippen molar-refractivity contribution in [2.75, 3.05) is 43.9 Å². The first kappa shape index (κ1) is 26.0. The number of aromatic nitrogens is 2. The summed E-state index contributed by atoms with van der Waals surface area (Å²) in [4.78, 5) is 35.2. The number of carbonyl (C=O) groups is 2. The number of nitrogens with one attached hydrogen (secondary N) is 1. The third-order valence-corrected chi connectivity index (χ3v) is 5.60. The fourth-order valence-electron chi connectivity index (χ4n) is 3.76. The van der Waals surface area contributed by atoms with Gasteiger partial charge in [0, 0.05) is 43.0 Å². The fourth-order valence-corrected chi connectivity index (χ4v) is 3.76. The molecule has 0 bridgehead atoms. The van der Waals surface area contributed by atoms with E-state index in [0.29, 0.717) is 31.9 Å². The van der Waals surface area contributed by atoms with E-state index in [4.69, 9.17) is 10.5 Å². The van der Waals surface area contributed by atoms with Gasteiger partial charge in [0.05, 0.1) is 25.4 Å². The minimum atomic E-state index is -4.97. The molecule has 1 fully saturated rings. The second-order valence-corrected chi connectivity index (χ2v) is 8.32. The molecular formula is C25H24F3N5O4. The van der Waals surface area contributed by atoms with E-state index in [9.17, 15) is 22.8 Å². The van der Waals surface area contributed by atoms with E-state index in [0.717, 1.165) is 17.2 Å². The van der Waals surface area contributed by atoms with Crippen LogP contribution in [0, 0.1) is 0 Å². The average molecular weight is 515 g/mol. The molecule has 0 aliphatic carbocycles. The lowest BCUT2D eigenvalue weighted by Crippen LogP contribution is -2.41. The minimum Gasteiger partial charge on any atom is -0.404 e. The summed E-state index contributed by atoms with van der Waals surface area (Å²) in [6, 6.07) is 10.6. The van der Waals surface area contributed by atoms with E-state index in [1.54, 1.807) is 36.7 Å². The van der Waals surface area contributed by atoms with E-state index in [2.05, 4.69) is 20.0 Å². The summed E-state index contributed by atoms with van der Waals surface area (Å²) >= 11 is 0. The van der Waals surface area contributed by atoms with Crippen LogP contribution >= 0.6 is 0 Å². The van der Waals surface area contributed by atoms with Gasteiger partial charge in [-0.15, -0.1) is 13.2 Å². The van der Waals surface area contributed by atoms with E-state index >= 15 is 0 Å². The maximum Gasteiger partial charge on any atom is 0.573 e. The van der Waals surface area contributed by atoms with Gasteiger partial charge in [0.2, 0.25) is 11.9 Å². The first-order valence-electron chi connectivity index (χ1n) is 11.4. The molecule has 9 nitrogen and oxygen atoms in total. The summed E-state index contributed by atoms with van der Waals surface area (Å²) in [7, 11) is 0. The second-order valence-electron chi connectivity index (χ2n) is 8.32. The van der Waals surface area contributed by atoms with Gasteiger partial charge < -0.3 is 20.5 Å². The largest absolute Gasteiger partial charge is 0.573 e. The number of alkyl halides is 3. The first-order chi connectivity index (χ1) is 17.7. The summed E-state index contributed by atoms with van der Waals surface area (Å²) in [5, 5.41) is 2.45. The monoisotopic (exact) mass is 515 g/mol. The maximum absolute atomic E-state index is 12.9. The molecule has 12 heteroatoms. The highest BCUT2D eigenvalue weighted by molar-refractivity contribution is 6.00. The molecule has 194 valence electrons. The van der Waals surface area contributed by atoms with Crippen molar-refractivity contribution in [2.24, 2.45) is 0 Å². The van der Waals surface area contributed by atoms with Crippen LogP contribution in [0.15, 0.2) is 54.9 Å². The third-order valence-electron chi connectivity index (χ3n) is 5.60. The van der Waals surface area contributed by atoms with Crippen molar-refractivity contribution < 1.29 is 32.2 Å². The molecule has 1 aliphatic rings. The van der Waals surface area contributed by atoms with Crippen molar-refractivity contribution in [3.63, 3.8) is 0 Å². The smallest absolute Gasteiger partial charge is 0.404 e. The highest BCUT2D eigenvalue weighted by Gasteiger charge is 2.32. The molecule has 2 aromatic carbocycles. The summed E-state index contributed by atoms with van der Waals surface area (Å²) in [5.41, 5.74) is 7.68. The van der Waals surface area contributed by atoms with Crippen molar-refractivity contribution in [3.05, 3.63) is 66.0 Å². The molecular weight excluding hydrogens is 491 g/mol. The Balaban J connectivity index is 1.48. The molecule has 3 N–H and O–H groups in total. The van der Waals surface area contributed by atoms with Crippen LogP contribution in [0.5, 0.6) is 5.75 Å². The SMILES string of the molecule is Nc1ncc(-c2ccc(CC(=O)c3ccc(OC(F)(F)F)c(NC(=O)CN4CCOCC4)c3)cc2)cn1. The number of amides is 1. The molecule has 0 spiro atoms. The number of nitrogens with zero attached hydrogens (tertiary/aromatic N) is 3. The lowest BCUT2D eigenvalue weighted by atomic mass is 10.00. The number of morpholine rings is 1. The van der Waals surface area contributed by atoms with Gasteiger partial charge in [-0.1, -0.05) is 24.3 Å². The highest BCUT2D eigenvalue weighted by Crippen LogP contribution is 2.32. The predicted octanol–water partition coefficient (Wildman–Crippen LogP) is 3.32. The molecule has 3 aromatic rings. The van der Waals surface area contributed by atoms with Crippen LogP contribution in [0.4, 0.5) is 24.8 Å². The van der Waals surface area contributed by atoms with Gasteiger partial charge in [0.15, 0.2) is 11.5 Å². The number of rotatable bonds is 8. The number of anilines is 2. The van der Waals surface area contributed by atoms with Crippen molar-refractivity contribution in [2.45, 2.75) is 12.8 Å². The van der Waals surface area contributed by atoms with Crippen molar-refractivity contribution >= 4 is 23.3 Å². The summed E-state index contributed by atoms with van der Waals surface area (Å²) in [6.45, 7) is 1.96. The number of nitrogens with two attached hydrogens (primary N) is 1. The standard InChI is InChI=1S/C25H24F3N5O4/c26-25(27,28)37-22-6-5-18(12-20(22)32-23(35)15-33-7-9-36-10-8-33)21(34)11-16-1-3-17(4-2-16)19-13-30-24(29)31-14-19/h1-6,12-14H,7-11,15H2,(H,32,35)(H2,29,30,31). The number of ether oxygens (including phenoxy) is 2. The van der Waals surface area contributed by atoms with Crippen LogP contribution in [-0.4, -0.2) is 65.8 Å². The van der Waals surface area contributed by atoms with Crippen LogP contribution in [0.2, 0.25) is 0 Å². The number of nitrogen functional groups attached to an aromatic ring is 1. The number of carbonyl (C=O) groups excluding carboxylic acids is 2. The molecule has 4 rings (SSSR count). The lowest BCUT2D eigenvalue weighted by molar-refractivity contribution is -0.274. The Hall–Kier alpha value is -4.03. The fraction of sp³-hybridized carbons (Fsp3) is 0.280. The highest BCUT2D eigenvalue weighted by atomic mass is 19.4. The van der Waals surface area contributed by atoms with Crippen LogP contribution in [-0.2, 0) is 16.0 Å². The number of Topliss-reactive ketones (excluding diaryl/α,β-unsaturated/α-hetero) is 1. The molecule has 0 saturated carbocycles. The molecule has 37 heavy (non-hydrogen) atoms. The molecule has 1 aliphatic heterocycles. The normalized spacial score (nSPS) is 14.2. The summed E-state index contributed by atoms with van der Waals surface area (Å²) in [6.07, 6.45) is -1.80. The van der Waals surface area contributed by atoms with Crippen LogP contribution in [0.3, 0.4) is 0 Å². The lowest BCUT2D eigenvalue weighted by Gasteiger charge is -2.26. The number of hydrogen-bond donors (Lipinski definition) is 2. The number of halogens is 3. The Morgan fingerprint density at radius 3 is 2.35 bits per heavy atom. The van der Waals surface area contributed by atoms with Gasteiger partial charge >= 0.3 is 6.36 Å². The Kier molecular flexibility index (Phi) is 7.99. The zero-order valence-electron chi connectivity index (χ0n) is 19.6. The Morgan fingerprint density at radius 1 is 1.03 bits per heavy atom. The predicted molar refractivity (Wildman–Crippen MR) is 129 cm³/mol. The van der Waals surface area contributed by atoms with Gasteiger partial charge in [-0.25, -0.2) is 9.97 Å². The van der Waals surface area contributed by atoms with E-state index in [1.165, 1.54) is 12.1 Å². The van der Waals surface area contributed by atoms with Crippen LogP contribution < -0.4 is 15.8 Å². The van der Waals surface area contributed by atoms with Gasteiger partial charge in [-0.3, -0.25) is 14.5 Å². The Morgan fingerprint density at radius 2 is 1.70 bits per heavy atom. The van der Waals surface area contributed by atoms with Crippen LogP contribution in [0.25, 0.3) is 11.1 Å². The second kappa shape index (κ2) is 11.4. The summed E-state index contributed by atoms with van der Waals surface area (Å²) in [5.74, 6) is -1.31. The van der Waals surface area contributed by atoms with E-state index in [1.807, 2.05) is 4.90 Å². The molecule has 1 amide bonds. The van der Waals surface area contributed by atoms with Crippen molar-refractivity contribution in [1.82, 2.24) is 14.9 Å². The van der Waals surface area contributed by atoms with Gasteiger partial charge in [0.1, 0.15) is 0 Å². The molecule has 0 atom stereocenters. The zero-order chi connectivity index (χ0) is 26.4. The molecule has 1 aromatic heterocycles. The zero-order valence-corrected chi connectivity index (χ0v) is 19.6. The Labute approximate surface area is 210 Å². The number of ketones is 1. The van der Waals surface area contributed by atoms with Crippen molar-refractivity contribution in [3.8, 4) is 16.9 Å². The number of hydrogen-bond acceptors (Lipinski definition) is 8. The summed E-state index contributed by atoms with van der Waals surface area (Å²) < 4.78 is 48.0. The van der Waals surface area contributed by atoms with Gasteiger partial charge in [-0.05, 0) is 29.3 Å². The molecule has 0 unspecified atom stereocenters. The van der Waals surface area contributed by atoms with Gasteiger partial charge in [-0.2, -0.15) is 0 Å². The maximum atomic E-state index is 12.9.